The quantitative estimate of drug-likeness (QED) is 0.821. The summed E-state index contributed by atoms with van der Waals surface area (Å²) in [5.41, 5.74) is 2.22. The fourth-order valence-corrected chi connectivity index (χ4v) is 2.40. The molecule has 1 fully saturated rings. The highest BCUT2D eigenvalue weighted by Gasteiger charge is 2.22. The third-order valence-electron chi connectivity index (χ3n) is 3.44. The Morgan fingerprint density at radius 2 is 2.37 bits per heavy atom. The molecule has 2 aromatic rings. The van der Waals surface area contributed by atoms with Gasteiger partial charge in [0.15, 0.2) is 0 Å². The Morgan fingerprint density at radius 3 is 3.26 bits per heavy atom. The number of morpholine rings is 1. The maximum Gasteiger partial charge on any atom is 0.122 e. The van der Waals surface area contributed by atoms with Crippen molar-refractivity contribution in [3.63, 3.8) is 0 Å². The van der Waals surface area contributed by atoms with Gasteiger partial charge in [-0.3, -0.25) is 9.88 Å². The molecule has 0 spiro atoms. The van der Waals surface area contributed by atoms with Crippen molar-refractivity contribution in [1.82, 2.24) is 9.88 Å². The van der Waals surface area contributed by atoms with Gasteiger partial charge in [0.2, 0.25) is 0 Å². The topological polar surface area (TPSA) is 49.1 Å². The number of rotatable bonds is 2. The molecular weight excluding hydrogens is 238 g/mol. The Morgan fingerprint density at radius 1 is 1.42 bits per heavy atom. The molecular formula is C15H15N3O. The third-order valence-corrected chi connectivity index (χ3v) is 3.44. The van der Waals surface area contributed by atoms with E-state index in [1.54, 1.807) is 6.20 Å². The van der Waals surface area contributed by atoms with Gasteiger partial charge in [0.05, 0.1) is 24.8 Å². The molecule has 0 bridgehead atoms. The molecule has 0 amide bonds. The van der Waals surface area contributed by atoms with Crippen LogP contribution in [0.3, 0.4) is 0 Å². The minimum absolute atomic E-state index is 0.140. The molecule has 0 radical (unpaired) electrons. The van der Waals surface area contributed by atoms with Crippen LogP contribution in [0, 0.1) is 11.3 Å². The number of pyridine rings is 1. The SMILES string of the molecule is N#CC1COCCN1Cc1ccc2ncccc2c1. The van der Waals surface area contributed by atoms with E-state index in [1.807, 2.05) is 12.1 Å². The summed E-state index contributed by atoms with van der Waals surface area (Å²) in [5.74, 6) is 0. The molecule has 3 rings (SSSR count). The van der Waals surface area contributed by atoms with E-state index in [4.69, 9.17) is 10.00 Å². The molecule has 1 aromatic carbocycles. The van der Waals surface area contributed by atoms with Gasteiger partial charge >= 0.3 is 0 Å². The largest absolute Gasteiger partial charge is 0.377 e. The van der Waals surface area contributed by atoms with E-state index in [2.05, 4.69) is 34.2 Å². The maximum absolute atomic E-state index is 9.13. The van der Waals surface area contributed by atoms with Crippen molar-refractivity contribution in [2.24, 2.45) is 0 Å². The van der Waals surface area contributed by atoms with Crippen molar-refractivity contribution < 1.29 is 4.74 Å². The summed E-state index contributed by atoms with van der Waals surface area (Å²) in [7, 11) is 0. The van der Waals surface area contributed by atoms with Gasteiger partial charge in [-0.1, -0.05) is 12.1 Å². The highest BCUT2D eigenvalue weighted by atomic mass is 16.5. The molecule has 1 unspecified atom stereocenters. The molecule has 1 aliphatic rings. The second-order valence-electron chi connectivity index (χ2n) is 4.72. The van der Waals surface area contributed by atoms with Crippen molar-refractivity contribution in [2.45, 2.75) is 12.6 Å². The average molecular weight is 253 g/mol. The lowest BCUT2D eigenvalue weighted by Gasteiger charge is -2.31. The highest BCUT2D eigenvalue weighted by molar-refractivity contribution is 5.78. The second-order valence-corrected chi connectivity index (χ2v) is 4.72. The van der Waals surface area contributed by atoms with Crippen molar-refractivity contribution in [3.8, 4) is 6.07 Å². The summed E-state index contributed by atoms with van der Waals surface area (Å²) in [6.45, 7) is 2.80. The first-order valence-electron chi connectivity index (χ1n) is 6.42. The zero-order valence-corrected chi connectivity index (χ0v) is 10.6. The van der Waals surface area contributed by atoms with E-state index in [0.29, 0.717) is 13.2 Å². The van der Waals surface area contributed by atoms with Crippen molar-refractivity contribution in [2.75, 3.05) is 19.8 Å². The van der Waals surface area contributed by atoms with Crippen LogP contribution in [0.25, 0.3) is 10.9 Å². The third kappa shape index (κ3) is 2.58. The van der Waals surface area contributed by atoms with Gasteiger partial charge in [-0.05, 0) is 23.8 Å². The summed E-state index contributed by atoms with van der Waals surface area (Å²) in [4.78, 5) is 6.48. The number of nitriles is 1. The fraction of sp³-hybridized carbons (Fsp3) is 0.333. The Kier molecular flexibility index (Phi) is 3.41. The van der Waals surface area contributed by atoms with Crippen LogP contribution in [0.5, 0.6) is 0 Å². The summed E-state index contributed by atoms with van der Waals surface area (Å²) in [6.07, 6.45) is 1.80. The van der Waals surface area contributed by atoms with Gasteiger partial charge in [-0.2, -0.15) is 5.26 Å². The molecule has 1 aromatic heterocycles. The lowest BCUT2D eigenvalue weighted by Crippen LogP contribution is -2.43. The number of ether oxygens (including phenoxy) is 1. The van der Waals surface area contributed by atoms with E-state index in [9.17, 15) is 0 Å². The standard InChI is InChI=1S/C15H15N3O/c16-9-14-11-19-7-6-18(14)10-12-3-4-15-13(8-12)2-1-5-17-15/h1-5,8,14H,6-7,10-11H2. The fourth-order valence-electron chi connectivity index (χ4n) is 2.40. The Labute approximate surface area is 112 Å². The number of hydrogen-bond acceptors (Lipinski definition) is 4. The van der Waals surface area contributed by atoms with Crippen LogP contribution in [0.4, 0.5) is 0 Å². The van der Waals surface area contributed by atoms with Gasteiger partial charge in [-0.25, -0.2) is 0 Å². The van der Waals surface area contributed by atoms with Crippen molar-refractivity contribution in [3.05, 3.63) is 42.1 Å². The molecule has 1 atom stereocenters. The van der Waals surface area contributed by atoms with Crippen molar-refractivity contribution >= 4 is 10.9 Å². The number of aromatic nitrogens is 1. The molecule has 0 aliphatic carbocycles. The molecule has 2 heterocycles. The summed E-state index contributed by atoms with van der Waals surface area (Å²) >= 11 is 0. The molecule has 1 saturated heterocycles. The Balaban J connectivity index is 1.82. The van der Waals surface area contributed by atoms with E-state index >= 15 is 0 Å². The Bertz CT molecular complexity index is 620. The summed E-state index contributed by atoms with van der Waals surface area (Å²) in [6, 6.07) is 12.4. The number of hydrogen-bond donors (Lipinski definition) is 0. The van der Waals surface area contributed by atoms with Crippen LogP contribution in [-0.4, -0.2) is 35.7 Å². The first kappa shape index (κ1) is 12.1. The van der Waals surface area contributed by atoms with E-state index in [0.717, 1.165) is 24.0 Å². The van der Waals surface area contributed by atoms with Crippen LogP contribution >= 0.6 is 0 Å². The number of nitrogens with zero attached hydrogens (tertiary/aromatic N) is 3. The predicted molar refractivity (Wildman–Crippen MR) is 72.4 cm³/mol. The minimum atomic E-state index is -0.140. The molecule has 19 heavy (non-hydrogen) atoms. The van der Waals surface area contributed by atoms with Crippen LogP contribution in [-0.2, 0) is 11.3 Å². The molecule has 4 nitrogen and oxygen atoms in total. The van der Waals surface area contributed by atoms with Crippen LogP contribution < -0.4 is 0 Å². The smallest absolute Gasteiger partial charge is 0.122 e. The van der Waals surface area contributed by atoms with Crippen LogP contribution in [0.15, 0.2) is 36.5 Å². The molecule has 4 heteroatoms. The van der Waals surface area contributed by atoms with E-state index in [1.165, 1.54) is 5.56 Å². The highest BCUT2D eigenvalue weighted by Crippen LogP contribution is 2.17. The second kappa shape index (κ2) is 5.35. The predicted octanol–water partition coefficient (Wildman–Crippen LogP) is 1.96. The minimum Gasteiger partial charge on any atom is -0.377 e. The van der Waals surface area contributed by atoms with Crippen LogP contribution in [0.1, 0.15) is 5.56 Å². The van der Waals surface area contributed by atoms with Gasteiger partial charge in [-0.15, -0.1) is 0 Å². The first-order valence-corrected chi connectivity index (χ1v) is 6.42. The molecule has 0 N–H and O–H groups in total. The lowest BCUT2D eigenvalue weighted by atomic mass is 10.1. The monoisotopic (exact) mass is 253 g/mol. The summed E-state index contributed by atoms with van der Waals surface area (Å²) in [5, 5.41) is 10.3. The summed E-state index contributed by atoms with van der Waals surface area (Å²) < 4.78 is 5.34. The van der Waals surface area contributed by atoms with E-state index < -0.39 is 0 Å². The number of benzene rings is 1. The Hall–Kier alpha value is -1.96. The number of fused-ring (bicyclic) bond motifs is 1. The molecule has 96 valence electrons. The molecule has 0 saturated carbocycles. The van der Waals surface area contributed by atoms with Crippen molar-refractivity contribution in [1.29, 1.82) is 5.26 Å². The van der Waals surface area contributed by atoms with Gasteiger partial charge < -0.3 is 4.74 Å². The average Bonchev–Trinajstić information content (AvgIpc) is 2.48. The van der Waals surface area contributed by atoms with E-state index in [-0.39, 0.29) is 6.04 Å². The zero-order valence-electron chi connectivity index (χ0n) is 10.6. The van der Waals surface area contributed by atoms with Crippen LogP contribution in [0.2, 0.25) is 0 Å². The molecule has 1 aliphatic heterocycles. The zero-order chi connectivity index (χ0) is 13.1. The maximum atomic E-state index is 9.13. The first-order chi connectivity index (χ1) is 9.36. The lowest BCUT2D eigenvalue weighted by molar-refractivity contribution is 0.00891. The van der Waals surface area contributed by atoms with Gasteiger partial charge in [0.25, 0.3) is 0 Å². The van der Waals surface area contributed by atoms with Gasteiger partial charge in [0, 0.05) is 24.7 Å². The normalized spacial score (nSPS) is 20.3. The van der Waals surface area contributed by atoms with Gasteiger partial charge in [0.1, 0.15) is 6.04 Å².